The third-order valence-corrected chi connectivity index (χ3v) is 4.06. The van der Waals surface area contributed by atoms with Crippen LogP contribution in [-0.2, 0) is 27.7 Å². The molecule has 0 spiro atoms. The molecule has 0 N–H and O–H groups in total. The van der Waals surface area contributed by atoms with Crippen molar-refractivity contribution in [1.29, 1.82) is 0 Å². The molecule has 0 saturated heterocycles. The van der Waals surface area contributed by atoms with Crippen LogP contribution in [0.1, 0.15) is 0 Å². The maximum atomic E-state index is 12.0. The molecular weight excluding hydrogens is 235 g/mol. The van der Waals surface area contributed by atoms with E-state index in [1.54, 1.807) is 0 Å². The summed E-state index contributed by atoms with van der Waals surface area (Å²) in [5, 5.41) is -0.165. The fraction of sp³-hybridized carbons (Fsp3) is 0.500. The van der Waals surface area contributed by atoms with Gasteiger partial charge in [-0.05, 0) is 0 Å². The fourth-order valence-corrected chi connectivity index (χ4v) is 2.49. The highest BCUT2D eigenvalue weighted by molar-refractivity contribution is 7.62. The van der Waals surface area contributed by atoms with Gasteiger partial charge < -0.3 is 13.6 Å². The third-order valence-electron chi connectivity index (χ3n) is 2.20. The first-order chi connectivity index (χ1) is 7.37. The van der Waals surface area contributed by atoms with Crippen LogP contribution in [0.4, 0.5) is 0 Å². The molecule has 7 nitrogen and oxygen atoms in total. The van der Waals surface area contributed by atoms with Gasteiger partial charge in [0.05, 0.1) is 0 Å². The highest BCUT2D eigenvalue weighted by Gasteiger charge is 2.29. The van der Waals surface area contributed by atoms with Crippen LogP contribution < -0.4 is 16.6 Å². The summed E-state index contributed by atoms with van der Waals surface area (Å²) in [6, 6.07) is 0. The van der Waals surface area contributed by atoms with Crippen LogP contribution in [0.3, 0.4) is 0 Å². The Balaban J connectivity index is 3.67. The van der Waals surface area contributed by atoms with E-state index in [4.69, 9.17) is 9.05 Å². The summed E-state index contributed by atoms with van der Waals surface area (Å²) in [7, 11) is 1.45. The van der Waals surface area contributed by atoms with Crippen molar-refractivity contribution in [3.05, 3.63) is 27.0 Å². The zero-order chi connectivity index (χ0) is 12.5. The fourth-order valence-electron chi connectivity index (χ4n) is 1.25. The molecule has 0 aliphatic heterocycles. The first-order valence-electron chi connectivity index (χ1n) is 4.36. The van der Waals surface area contributed by atoms with Crippen molar-refractivity contribution >= 4 is 12.9 Å². The van der Waals surface area contributed by atoms with Crippen LogP contribution in [0.2, 0.25) is 0 Å². The van der Waals surface area contributed by atoms with E-state index in [0.717, 1.165) is 9.13 Å². The maximum Gasteiger partial charge on any atom is 0.367 e. The molecule has 1 aromatic rings. The molecule has 0 bridgehead atoms. The topological polar surface area (TPSA) is 79.5 Å². The van der Waals surface area contributed by atoms with Crippen molar-refractivity contribution in [1.82, 2.24) is 9.13 Å². The second-order valence-corrected chi connectivity index (χ2v) is 5.34. The normalized spacial score (nSPS) is 11.8. The Bertz CT molecular complexity index is 551. The highest BCUT2D eigenvalue weighted by atomic mass is 31.2. The number of aromatic nitrogens is 2. The minimum Gasteiger partial charge on any atom is -0.308 e. The Morgan fingerprint density at radius 2 is 1.69 bits per heavy atom. The average Bonchev–Trinajstić information content (AvgIpc) is 2.30. The second kappa shape index (κ2) is 4.37. The lowest BCUT2D eigenvalue weighted by atomic mass is 10.6. The van der Waals surface area contributed by atoms with Gasteiger partial charge in [-0.15, -0.1) is 0 Å². The largest absolute Gasteiger partial charge is 0.367 e. The molecule has 90 valence electrons. The van der Waals surface area contributed by atoms with E-state index >= 15 is 0 Å². The molecule has 0 saturated carbocycles. The van der Waals surface area contributed by atoms with Crippen LogP contribution in [0.15, 0.2) is 15.8 Å². The number of rotatable bonds is 3. The van der Waals surface area contributed by atoms with E-state index in [2.05, 4.69) is 0 Å². The molecule has 0 aliphatic carbocycles. The molecular formula is C8H13N2O5P. The minimum atomic E-state index is -3.64. The standard InChI is InChI=1S/C8H13N2O5P/c1-9-5-6(16(13,14-3)15-4)7(11)10(2)8(9)12/h5H,1-4H3. The summed E-state index contributed by atoms with van der Waals surface area (Å²) >= 11 is 0. The van der Waals surface area contributed by atoms with Crippen molar-refractivity contribution in [2.75, 3.05) is 14.2 Å². The zero-order valence-electron chi connectivity index (χ0n) is 9.46. The molecule has 0 fully saturated rings. The average molecular weight is 248 g/mol. The van der Waals surface area contributed by atoms with Crippen molar-refractivity contribution < 1.29 is 13.6 Å². The molecule has 0 aromatic carbocycles. The number of nitrogens with zero attached hydrogens (tertiary/aromatic N) is 2. The molecule has 1 aromatic heterocycles. The number of hydrogen-bond acceptors (Lipinski definition) is 5. The summed E-state index contributed by atoms with van der Waals surface area (Å²) in [6.45, 7) is 0. The molecule has 1 rings (SSSR count). The Morgan fingerprint density at radius 3 is 2.12 bits per heavy atom. The van der Waals surface area contributed by atoms with Crippen LogP contribution in [-0.4, -0.2) is 23.4 Å². The molecule has 0 radical (unpaired) electrons. The van der Waals surface area contributed by atoms with Gasteiger partial charge >= 0.3 is 13.3 Å². The summed E-state index contributed by atoms with van der Waals surface area (Å²) in [5.74, 6) is 0. The van der Waals surface area contributed by atoms with Gasteiger partial charge in [0.25, 0.3) is 5.56 Å². The molecule has 0 amide bonds. The van der Waals surface area contributed by atoms with Crippen molar-refractivity contribution in [3.63, 3.8) is 0 Å². The van der Waals surface area contributed by atoms with E-state index < -0.39 is 18.8 Å². The maximum absolute atomic E-state index is 12.0. The molecule has 16 heavy (non-hydrogen) atoms. The smallest absolute Gasteiger partial charge is 0.308 e. The molecule has 8 heteroatoms. The summed E-state index contributed by atoms with van der Waals surface area (Å²) < 4.78 is 23.4. The highest BCUT2D eigenvalue weighted by Crippen LogP contribution is 2.43. The number of hydrogen-bond donors (Lipinski definition) is 0. The van der Waals surface area contributed by atoms with Crippen LogP contribution in [0.5, 0.6) is 0 Å². The van der Waals surface area contributed by atoms with Gasteiger partial charge in [0.2, 0.25) is 0 Å². The first-order valence-corrected chi connectivity index (χ1v) is 5.90. The molecule has 0 atom stereocenters. The molecule has 0 aliphatic rings. The van der Waals surface area contributed by atoms with Gasteiger partial charge in [0.15, 0.2) is 0 Å². The van der Waals surface area contributed by atoms with Crippen LogP contribution in [0, 0.1) is 0 Å². The minimum absolute atomic E-state index is 0.165. The van der Waals surface area contributed by atoms with Gasteiger partial charge in [-0.1, -0.05) is 0 Å². The van der Waals surface area contributed by atoms with Gasteiger partial charge in [-0.3, -0.25) is 13.9 Å². The molecule has 0 unspecified atom stereocenters. The second-order valence-electron chi connectivity index (χ2n) is 3.13. The predicted molar refractivity (Wildman–Crippen MR) is 58.2 cm³/mol. The molecule has 1 heterocycles. The van der Waals surface area contributed by atoms with Gasteiger partial charge in [-0.2, -0.15) is 0 Å². The lowest BCUT2D eigenvalue weighted by Crippen LogP contribution is -2.45. The van der Waals surface area contributed by atoms with E-state index in [1.165, 1.54) is 34.5 Å². The monoisotopic (exact) mass is 248 g/mol. The Kier molecular flexibility index (Phi) is 3.52. The third kappa shape index (κ3) is 1.89. The van der Waals surface area contributed by atoms with Crippen molar-refractivity contribution in [2.24, 2.45) is 14.1 Å². The van der Waals surface area contributed by atoms with Crippen molar-refractivity contribution in [3.8, 4) is 0 Å². The lowest BCUT2D eigenvalue weighted by molar-refractivity contribution is 0.286. The zero-order valence-corrected chi connectivity index (χ0v) is 10.4. The summed E-state index contributed by atoms with van der Waals surface area (Å²) in [5.41, 5.74) is -1.19. The summed E-state index contributed by atoms with van der Waals surface area (Å²) in [4.78, 5) is 23.1. The van der Waals surface area contributed by atoms with Crippen molar-refractivity contribution in [2.45, 2.75) is 0 Å². The Morgan fingerprint density at radius 1 is 1.19 bits per heavy atom. The lowest BCUT2D eigenvalue weighted by Gasteiger charge is -2.14. The van der Waals surface area contributed by atoms with Gasteiger partial charge in [-0.25, -0.2) is 4.79 Å². The Labute approximate surface area is 91.8 Å². The van der Waals surface area contributed by atoms with Gasteiger partial charge in [0.1, 0.15) is 5.30 Å². The number of aryl methyl sites for hydroxylation is 1. The first kappa shape index (κ1) is 12.9. The summed E-state index contributed by atoms with van der Waals surface area (Å²) in [6.07, 6.45) is 1.17. The predicted octanol–water partition coefficient (Wildman–Crippen LogP) is -0.805. The quantitative estimate of drug-likeness (QED) is 0.654. The van der Waals surface area contributed by atoms with E-state index in [9.17, 15) is 14.2 Å². The van der Waals surface area contributed by atoms with Crippen LogP contribution >= 0.6 is 7.60 Å². The van der Waals surface area contributed by atoms with E-state index in [0.29, 0.717) is 0 Å². The van der Waals surface area contributed by atoms with Gasteiger partial charge in [0, 0.05) is 34.5 Å². The SMILES string of the molecule is COP(=O)(OC)c1cn(C)c(=O)n(C)c1=O. The Hall–Kier alpha value is -1.17. The van der Waals surface area contributed by atoms with E-state index in [1.807, 2.05) is 0 Å². The van der Waals surface area contributed by atoms with Crippen LogP contribution in [0.25, 0.3) is 0 Å². The van der Waals surface area contributed by atoms with E-state index in [-0.39, 0.29) is 5.30 Å².